The highest BCUT2D eigenvalue weighted by Gasteiger charge is 2.20. The van der Waals surface area contributed by atoms with E-state index < -0.39 is 0 Å². The van der Waals surface area contributed by atoms with Crippen LogP contribution in [0.25, 0.3) is 0 Å². The zero-order valence-electron chi connectivity index (χ0n) is 13.4. The lowest BCUT2D eigenvalue weighted by Crippen LogP contribution is -2.42. The Kier molecular flexibility index (Phi) is 4.22. The maximum Gasteiger partial charge on any atom is 0.220 e. The highest BCUT2D eigenvalue weighted by molar-refractivity contribution is 6.31. The van der Waals surface area contributed by atoms with Gasteiger partial charge in [0.05, 0.1) is 5.69 Å². The minimum Gasteiger partial charge on any atom is -0.341 e. The molecule has 0 aliphatic carbocycles. The Labute approximate surface area is 146 Å². The fraction of sp³-hybridized carbons (Fsp3) is 0.263. The standard InChI is InChI=1S/C19H19ClN4/c20-15-9-10-17-16(13-15)18(14-7-3-1-4-8-14)22-23-19(21-17)24-11-5-2-6-12-24/h1,3-4,7-10,13H,2,5-6,11-12H2,(H,21,23). The maximum absolute atomic E-state index is 6.23. The van der Waals surface area contributed by atoms with Crippen molar-refractivity contribution in [3.8, 4) is 0 Å². The molecule has 1 fully saturated rings. The second-order valence-electron chi connectivity index (χ2n) is 6.08. The van der Waals surface area contributed by atoms with Crippen molar-refractivity contribution in [2.75, 3.05) is 13.1 Å². The van der Waals surface area contributed by atoms with Gasteiger partial charge in [0.2, 0.25) is 5.96 Å². The van der Waals surface area contributed by atoms with Crippen LogP contribution >= 0.6 is 11.6 Å². The summed E-state index contributed by atoms with van der Waals surface area (Å²) < 4.78 is 0. The molecule has 0 saturated carbocycles. The molecule has 24 heavy (non-hydrogen) atoms. The van der Waals surface area contributed by atoms with E-state index in [4.69, 9.17) is 16.6 Å². The van der Waals surface area contributed by atoms with Crippen molar-refractivity contribution in [1.29, 1.82) is 0 Å². The Morgan fingerprint density at radius 3 is 2.54 bits per heavy atom. The first-order chi connectivity index (χ1) is 11.8. The highest BCUT2D eigenvalue weighted by atomic mass is 35.5. The van der Waals surface area contributed by atoms with Gasteiger partial charge in [-0.05, 0) is 37.5 Å². The van der Waals surface area contributed by atoms with E-state index in [0.29, 0.717) is 5.02 Å². The molecule has 0 unspecified atom stereocenters. The number of benzene rings is 2. The largest absolute Gasteiger partial charge is 0.341 e. The summed E-state index contributed by atoms with van der Waals surface area (Å²) in [4.78, 5) is 7.11. The summed E-state index contributed by atoms with van der Waals surface area (Å²) >= 11 is 6.23. The molecule has 1 saturated heterocycles. The molecule has 0 amide bonds. The Balaban J connectivity index is 1.79. The van der Waals surface area contributed by atoms with E-state index in [1.807, 2.05) is 36.4 Å². The van der Waals surface area contributed by atoms with Gasteiger partial charge < -0.3 is 4.90 Å². The minimum atomic E-state index is 0.689. The van der Waals surface area contributed by atoms with Gasteiger partial charge in [0, 0.05) is 29.2 Å². The van der Waals surface area contributed by atoms with E-state index in [1.165, 1.54) is 19.3 Å². The number of nitrogens with one attached hydrogen (secondary N) is 1. The van der Waals surface area contributed by atoms with Crippen LogP contribution in [0.1, 0.15) is 30.4 Å². The quantitative estimate of drug-likeness (QED) is 0.847. The van der Waals surface area contributed by atoms with Gasteiger partial charge in [-0.3, -0.25) is 0 Å². The molecule has 0 bridgehead atoms. The third kappa shape index (κ3) is 3.02. The topological polar surface area (TPSA) is 40.0 Å². The predicted octanol–water partition coefficient (Wildman–Crippen LogP) is 4.17. The Bertz CT molecular complexity index is 792. The van der Waals surface area contributed by atoms with E-state index >= 15 is 0 Å². The first kappa shape index (κ1) is 15.2. The molecule has 5 heteroatoms. The highest BCUT2D eigenvalue weighted by Crippen LogP contribution is 2.28. The van der Waals surface area contributed by atoms with Gasteiger partial charge in [0.1, 0.15) is 5.71 Å². The van der Waals surface area contributed by atoms with E-state index in [9.17, 15) is 0 Å². The summed E-state index contributed by atoms with van der Waals surface area (Å²) in [6.07, 6.45) is 3.68. The molecule has 2 aliphatic rings. The number of halogens is 1. The SMILES string of the molecule is Clc1ccc2c(c1)C(c1ccccc1)=NNC(N1CCCCC1)=N2. The lowest BCUT2D eigenvalue weighted by Gasteiger charge is -2.28. The number of piperidine rings is 1. The van der Waals surface area contributed by atoms with Gasteiger partial charge in [0.15, 0.2) is 0 Å². The Morgan fingerprint density at radius 2 is 1.75 bits per heavy atom. The second kappa shape index (κ2) is 6.65. The number of nitrogens with zero attached hydrogens (tertiary/aromatic N) is 3. The Hall–Kier alpha value is -2.33. The molecule has 122 valence electrons. The molecular weight excluding hydrogens is 320 g/mol. The van der Waals surface area contributed by atoms with Crippen LogP contribution in [0, 0.1) is 0 Å². The van der Waals surface area contributed by atoms with Crippen molar-refractivity contribution < 1.29 is 0 Å². The average molecular weight is 339 g/mol. The molecular formula is C19H19ClN4. The average Bonchev–Trinajstić information content (AvgIpc) is 2.82. The molecule has 2 aromatic carbocycles. The van der Waals surface area contributed by atoms with Gasteiger partial charge in [-0.15, -0.1) is 0 Å². The van der Waals surface area contributed by atoms with Crippen LogP contribution in [0.3, 0.4) is 0 Å². The fourth-order valence-corrected chi connectivity index (χ4v) is 3.34. The van der Waals surface area contributed by atoms with Crippen LogP contribution in [0.4, 0.5) is 5.69 Å². The van der Waals surface area contributed by atoms with Crippen molar-refractivity contribution in [1.82, 2.24) is 10.3 Å². The van der Waals surface area contributed by atoms with Gasteiger partial charge in [-0.25, -0.2) is 10.4 Å². The number of likely N-dealkylation sites (tertiary alicyclic amines) is 1. The lowest BCUT2D eigenvalue weighted by molar-refractivity contribution is 0.333. The Morgan fingerprint density at radius 1 is 0.958 bits per heavy atom. The van der Waals surface area contributed by atoms with Crippen molar-refractivity contribution in [2.24, 2.45) is 10.1 Å². The summed E-state index contributed by atoms with van der Waals surface area (Å²) in [7, 11) is 0. The number of guanidine groups is 1. The number of aliphatic imine (C=N–C) groups is 1. The van der Waals surface area contributed by atoms with Gasteiger partial charge in [-0.2, -0.15) is 5.10 Å². The number of rotatable bonds is 1. The minimum absolute atomic E-state index is 0.689. The summed E-state index contributed by atoms with van der Waals surface area (Å²) in [5, 5.41) is 5.36. The number of fused-ring (bicyclic) bond motifs is 1. The first-order valence-corrected chi connectivity index (χ1v) is 8.72. The molecule has 0 aromatic heterocycles. The smallest absolute Gasteiger partial charge is 0.220 e. The molecule has 0 radical (unpaired) electrons. The molecule has 2 heterocycles. The molecule has 2 aromatic rings. The van der Waals surface area contributed by atoms with Crippen molar-refractivity contribution in [2.45, 2.75) is 19.3 Å². The van der Waals surface area contributed by atoms with Crippen molar-refractivity contribution in [3.05, 3.63) is 64.7 Å². The zero-order chi connectivity index (χ0) is 16.4. The van der Waals surface area contributed by atoms with E-state index in [-0.39, 0.29) is 0 Å². The van der Waals surface area contributed by atoms with E-state index in [0.717, 1.165) is 41.6 Å². The maximum atomic E-state index is 6.23. The van der Waals surface area contributed by atoms with E-state index in [2.05, 4.69) is 27.6 Å². The molecule has 2 aliphatic heterocycles. The van der Waals surface area contributed by atoms with Crippen LogP contribution in [-0.4, -0.2) is 29.7 Å². The van der Waals surface area contributed by atoms with Crippen LogP contribution in [0.2, 0.25) is 5.02 Å². The number of hydrogen-bond acceptors (Lipinski definition) is 4. The van der Waals surface area contributed by atoms with Gasteiger partial charge in [-0.1, -0.05) is 41.9 Å². The molecule has 0 atom stereocenters. The molecule has 4 rings (SSSR count). The van der Waals surface area contributed by atoms with Crippen LogP contribution in [0.5, 0.6) is 0 Å². The zero-order valence-corrected chi connectivity index (χ0v) is 14.1. The third-order valence-electron chi connectivity index (χ3n) is 4.41. The monoisotopic (exact) mass is 338 g/mol. The summed E-state index contributed by atoms with van der Waals surface area (Å²) in [5.41, 5.74) is 6.94. The summed E-state index contributed by atoms with van der Waals surface area (Å²) in [5.74, 6) is 0.823. The molecule has 4 nitrogen and oxygen atoms in total. The second-order valence-corrected chi connectivity index (χ2v) is 6.52. The first-order valence-electron chi connectivity index (χ1n) is 8.34. The number of hydrazone groups is 1. The third-order valence-corrected chi connectivity index (χ3v) is 4.65. The van der Waals surface area contributed by atoms with Crippen LogP contribution in [-0.2, 0) is 0 Å². The van der Waals surface area contributed by atoms with Gasteiger partial charge in [0.25, 0.3) is 0 Å². The van der Waals surface area contributed by atoms with Crippen molar-refractivity contribution in [3.63, 3.8) is 0 Å². The summed E-state index contributed by atoms with van der Waals surface area (Å²) in [6.45, 7) is 2.04. The van der Waals surface area contributed by atoms with Crippen molar-refractivity contribution >= 4 is 29.0 Å². The lowest BCUT2D eigenvalue weighted by atomic mass is 10.0. The fourth-order valence-electron chi connectivity index (χ4n) is 3.16. The van der Waals surface area contributed by atoms with E-state index in [1.54, 1.807) is 0 Å². The normalized spacial score (nSPS) is 17.3. The summed E-state index contributed by atoms with van der Waals surface area (Å²) in [6, 6.07) is 15.9. The predicted molar refractivity (Wildman–Crippen MR) is 99.2 cm³/mol. The number of hydrogen-bond donors (Lipinski definition) is 1. The molecule has 1 N–H and O–H groups in total. The molecule has 0 spiro atoms. The van der Waals surface area contributed by atoms with Gasteiger partial charge >= 0.3 is 0 Å². The van der Waals surface area contributed by atoms with Crippen LogP contribution < -0.4 is 5.43 Å². The van der Waals surface area contributed by atoms with Crippen LogP contribution in [0.15, 0.2) is 58.6 Å².